The highest BCUT2D eigenvalue weighted by Gasteiger charge is 2.36. The molecule has 1 unspecified atom stereocenters. The minimum Gasteiger partial charge on any atom is -0.465 e. The van der Waals surface area contributed by atoms with Gasteiger partial charge in [-0.3, -0.25) is 14.4 Å². The Bertz CT molecular complexity index is 1230. The van der Waals surface area contributed by atoms with Crippen molar-refractivity contribution in [3.8, 4) is 11.3 Å². The number of para-hydroxylation sites is 1. The van der Waals surface area contributed by atoms with Crippen LogP contribution in [0.4, 0.5) is 11.4 Å². The first kappa shape index (κ1) is 21.0. The lowest BCUT2D eigenvalue weighted by Crippen LogP contribution is -2.29. The zero-order valence-corrected chi connectivity index (χ0v) is 17.2. The summed E-state index contributed by atoms with van der Waals surface area (Å²) in [5.41, 5.74) is 2.21. The van der Waals surface area contributed by atoms with Crippen LogP contribution in [0.5, 0.6) is 0 Å². The van der Waals surface area contributed by atoms with Crippen LogP contribution in [0.15, 0.2) is 65.5 Å². The minimum atomic E-state index is -0.580. The molecule has 2 aromatic carbocycles. The van der Waals surface area contributed by atoms with Crippen molar-refractivity contribution in [1.29, 1.82) is 0 Å². The average Bonchev–Trinajstić information content (AvgIpc) is 3.21. The number of nitrogens with zero attached hydrogens (tertiary/aromatic N) is 2. The predicted molar refractivity (Wildman–Crippen MR) is 117 cm³/mol. The molecule has 1 aromatic heterocycles. The number of aromatic nitrogens is 2. The summed E-state index contributed by atoms with van der Waals surface area (Å²) in [6.07, 6.45) is 0.0303. The summed E-state index contributed by atoms with van der Waals surface area (Å²) in [6, 6.07) is 16.6. The highest BCUT2D eigenvalue weighted by atomic mass is 16.5. The predicted octanol–water partition coefficient (Wildman–Crippen LogP) is 2.22. The van der Waals surface area contributed by atoms with Gasteiger partial charge in [0.15, 0.2) is 0 Å². The third kappa shape index (κ3) is 4.27. The molecular weight excluding hydrogens is 412 g/mol. The molecule has 1 aliphatic rings. The second kappa shape index (κ2) is 8.84. The Labute approximate surface area is 183 Å². The number of H-pyrrole nitrogens is 1. The summed E-state index contributed by atoms with van der Waals surface area (Å²) in [5, 5.41) is 9.20. The second-order valence-electron chi connectivity index (χ2n) is 7.29. The minimum absolute atomic E-state index is 0.0303. The standard InChI is InChI=1S/C23H20N4O5/c1-32-23(31)17-7-2-3-8-19(17)27-13-15(12-21(27)29)22(30)24-16-6-4-5-14(11-16)18-9-10-20(28)26-25-18/h2-11,15H,12-13H2,1H3,(H,24,30)(H,26,28). The molecule has 0 aliphatic carbocycles. The van der Waals surface area contributed by atoms with Crippen LogP contribution >= 0.6 is 0 Å². The highest BCUT2D eigenvalue weighted by molar-refractivity contribution is 6.07. The topological polar surface area (TPSA) is 121 Å². The van der Waals surface area contributed by atoms with Gasteiger partial charge in [0.25, 0.3) is 5.56 Å². The monoisotopic (exact) mass is 432 g/mol. The van der Waals surface area contributed by atoms with E-state index in [1.807, 2.05) is 0 Å². The normalized spacial score (nSPS) is 15.5. The van der Waals surface area contributed by atoms with Gasteiger partial charge in [0.05, 0.1) is 30.0 Å². The number of aromatic amines is 1. The van der Waals surface area contributed by atoms with Gasteiger partial charge in [-0.15, -0.1) is 0 Å². The molecular formula is C23H20N4O5. The molecule has 1 saturated heterocycles. The molecule has 1 fully saturated rings. The maximum atomic E-state index is 12.9. The summed E-state index contributed by atoms with van der Waals surface area (Å²) in [6.45, 7) is 0.153. The highest BCUT2D eigenvalue weighted by Crippen LogP contribution is 2.29. The molecule has 2 heterocycles. The van der Waals surface area contributed by atoms with Crippen LogP contribution in [0.2, 0.25) is 0 Å². The number of methoxy groups -OCH3 is 1. The fourth-order valence-electron chi connectivity index (χ4n) is 3.61. The number of rotatable bonds is 5. The van der Waals surface area contributed by atoms with Gasteiger partial charge in [-0.1, -0.05) is 24.3 Å². The van der Waals surface area contributed by atoms with E-state index in [0.29, 0.717) is 17.1 Å². The van der Waals surface area contributed by atoms with Gasteiger partial charge in [0.1, 0.15) is 0 Å². The van der Waals surface area contributed by atoms with Crippen molar-refractivity contribution in [2.75, 3.05) is 23.9 Å². The van der Waals surface area contributed by atoms with Crippen molar-refractivity contribution in [1.82, 2.24) is 10.2 Å². The Morgan fingerprint density at radius 1 is 1.09 bits per heavy atom. The number of hydrogen-bond donors (Lipinski definition) is 2. The lowest BCUT2D eigenvalue weighted by molar-refractivity contribution is -0.122. The molecule has 32 heavy (non-hydrogen) atoms. The number of nitrogens with one attached hydrogen (secondary N) is 2. The number of ether oxygens (including phenoxy) is 1. The molecule has 1 atom stereocenters. The Morgan fingerprint density at radius 2 is 1.91 bits per heavy atom. The van der Waals surface area contributed by atoms with Crippen LogP contribution in [-0.4, -0.2) is 41.6 Å². The summed E-state index contributed by atoms with van der Waals surface area (Å²) in [4.78, 5) is 50.2. The zero-order chi connectivity index (χ0) is 22.7. The maximum Gasteiger partial charge on any atom is 0.339 e. The molecule has 9 nitrogen and oxygen atoms in total. The number of carbonyl (C=O) groups is 3. The van der Waals surface area contributed by atoms with Crippen molar-refractivity contribution < 1.29 is 19.1 Å². The number of benzene rings is 2. The van der Waals surface area contributed by atoms with Gasteiger partial charge >= 0.3 is 5.97 Å². The van der Waals surface area contributed by atoms with Crippen LogP contribution in [-0.2, 0) is 14.3 Å². The quantitative estimate of drug-likeness (QED) is 0.596. The summed E-state index contributed by atoms with van der Waals surface area (Å²) in [5.74, 6) is -1.67. The number of esters is 1. The molecule has 0 bridgehead atoms. The van der Waals surface area contributed by atoms with Crippen molar-refractivity contribution in [3.05, 3.63) is 76.6 Å². The Hall–Kier alpha value is -4.27. The van der Waals surface area contributed by atoms with E-state index in [-0.39, 0.29) is 35.9 Å². The number of anilines is 2. The van der Waals surface area contributed by atoms with Crippen molar-refractivity contribution in [2.45, 2.75) is 6.42 Å². The molecule has 4 rings (SSSR count). The molecule has 3 aromatic rings. The molecule has 2 amide bonds. The third-order valence-corrected chi connectivity index (χ3v) is 5.20. The fraction of sp³-hybridized carbons (Fsp3) is 0.174. The van der Waals surface area contributed by atoms with E-state index in [2.05, 4.69) is 15.5 Å². The smallest absolute Gasteiger partial charge is 0.339 e. The first-order chi connectivity index (χ1) is 15.5. The Kier molecular flexibility index (Phi) is 5.80. The summed E-state index contributed by atoms with van der Waals surface area (Å²) < 4.78 is 4.80. The van der Waals surface area contributed by atoms with Crippen molar-refractivity contribution >= 4 is 29.2 Å². The lowest BCUT2D eigenvalue weighted by atomic mass is 10.1. The molecule has 162 valence electrons. The zero-order valence-electron chi connectivity index (χ0n) is 17.2. The van der Waals surface area contributed by atoms with E-state index >= 15 is 0 Å². The molecule has 0 spiro atoms. The van der Waals surface area contributed by atoms with Gasteiger partial charge in [-0.25, -0.2) is 9.89 Å². The van der Waals surface area contributed by atoms with E-state index in [1.165, 1.54) is 18.1 Å². The van der Waals surface area contributed by atoms with E-state index in [4.69, 9.17) is 4.74 Å². The summed E-state index contributed by atoms with van der Waals surface area (Å²) >= 11 is 0. The van der Waals surface area contributed by atoms with E-state index in [1.54, 1.807) is 54.6 Å². The van der Waals surface area contributed by atoms with E-state index in [9.17, 15) is 19.2 Å². The fourth-order valence-corrected chi connectivity index (χ4v) is 3.61. The van der Waals surface area contributed by atoms with E-state index < -0.39 is 11.9 Å². The molecule has 9 heteroatoms. The third-order valence-electron chi connectivity index (χ3n) is 5.20. The Balaban J connectivity index is 1.50. The van der Waals surface area contributed by atoms with Gasteiger partial charge in [-0.05, 0) is 30.3 Å². The lowest BCUT2D eigenvalue weighted by Gasteiger charge is -2.19. The van der Waals surface area contributed by atoms with Crippen molar-refractivity contribution in [3.63, 3.8) is 0 Å². The number of carbonyl (C=O) groups excluding carboxylic acids is 3. The van der Waals surface area contributed by atoms with Crippen LogP contribution in [0.3, 0.4) is 0 Å². The average molecular weight is 432 g/mol. The first-order valence-electron chi connectivity index (χ1n) is 9.91. The molecule has 1 aliphatic heterocycles. The van der Waals surface area contributed by atoms with Crippen molar-refractivity contribution in [2.24, 2.45) is 5.92 Å². The van der Waals surface area contributed by atoms with Gasteiger partial charge < -0.3 is 15.0 Å². The maximum absolute atomic E-state index is 12.9. The van der Waals surface area contributed by atoms with Gasteiger partial charge in [0.2, 0.25) is 11.8 Å². The molecule has 0 radical (unpaired) electrons. The Morgan fingerprint density at radius 3 is 2.66 bits per heavy atom. The van der Waals surface area contributed by atoms with E-state index in [0.717, 1.165) is 5.56 Å². The van der Waals surface area contributed by atoms with Crippen LogP contribution < -0.4 is 15.8 Å². The van der Waals surface area contributed by atoms with Crippen LogP contribution in [0.25, 0.3) is 11.3 Å². The number of hydrogen-bond acceptors (Lipinski definition) is 6. The first-order valence-corrected chi connectivity index (χ1v) is 9.91. The second-order valence-corrected chi connectivity index (χ2v) is 7.29. The SMILES string of the molecule is COC(=O)c1ccccc1N1CC(C(=O)Nc2cccc(-c3ccc(=O)[nH]n3)c2)CC1=O. The summed E-state index contributed by atoms with van der Waals surface area (Å²) in [7, 11) is 1.28. The molecule has 0 saturated carbocycles. The number of amides is 2. The van der Waals surface area contributed by atoms with Gasteiger partial charge in [-0.2, -0.15) is 5.10 Å². The largest absolute Gasteiger partial charge is 0.465 e. The molecule has 2 N–H and O–H groups in total. The van der Waals surface area contributed by atoms with Crippen LogP contribution in [0, 0.1) is 5.92 Å². The van der Waals surface area contributed by atoms with Gasteiger partial charge in [0, 0.05) is 30.3 Å². The van der Waals surface area contributed by atoms with Crippen LogP contribution in [0.1, 0.15) is 16.8 Å².